The second kappa shape index (κ2) is 8.10. The topological polar surface area (TPSA) is 68.3 Å². The maximum atomic E-state index is 12.0. The van der Waals surface area contributed by atoms with Crippen molar-refractivity contribution in [3.8, 4) is 5.75 Å². The highest BCUT2D eigenvalue weighted by molar-refractivity contribution is 7.18. The third-order valence-corrected chi connectivity index (χ3v) is 4.82. The van der Waals surface area contributed by atoms with Gasteiger partial charge in [-0.05, 0) is 43.7 Å². The molecule has 26 heavy (non-hydrogen) atoms. The molecule has 0 atom stereocenters. The maximum Gasteiger partial charge on any atom is 0.224 e. The number of carbonyl (C=O) groups excluding carboxylic acids is 2. The van der Waals surface area contributed by atoms with Crippen LogP contribution in [0.25, 0.3) is 10.2 Å². The van der Waals surface area contributed by atoms with Crippen LogP contribution in [0, 0.1) is 0 Å². The van der Waals surface area contributed by atoms with E-state index in [4.69, 9.17) is 4.74 Å². The lowest BCUT2D eigenvalue weighted by Crippen LogP contribution is -2.11. The van der Waals surface area contributed by atoms with Gasteiger partial charge in [0.25, 0.3) is 0 Å². The van der Waals surface area contributed by atoms with E-state index in [0.29, 0.717) is 30.0 Å². The SMILES string of the molecule is CCCC(=O)Nc1ccc(OCc2nc3ccccc3s2)c(C(C)=O)c1. The zero-order valence-corrected chi connectivity index (χ0v) is 15.6. The Balaban J connectivity index is 1.75. The number of ether oxygens (including phenoxy) is 1. The van der Waals surface area contributed by atoms with Gasteiger partial charge in [-0.2, -0.15) is 0 Å². The number of nitrogens with zero attached hydrogens (tertiary/aromatic N) is 1. The normalized spacial score (nSPS) is 10.7. The number of rotatable bonds is 7. The molecule has 6 heteroatoms. The van der Waals surface area contributed by atoms with E-state index in [0.717, 1.165) is 21.6 Å². The predicted octanol–water partition coefficient (Wildman–Crippen LogP) is 4.82. The number of hydrogen-bond donors (Lipinski definition) is 1. The number of para-hydroxylation sites is 1. The molecular formula is C20H20N2O3S. The van der Waals surface area contributed by atoms with Gasteiger partial charge in [-0.1, -0.05) is 19.1 Å². The Morgan fingerprint density at radius 3 is 2.73 bits per heavy atom. The Bertz CT molecular complexity index is 916. The Labute approximate surface area is 156 Å². The molecule has 0 bridgehead atoms. The van der Waals surface area contributed by atoms with Crippen molar-refractivity contribution < 1.29 is 14.3 Å². The first kappa shape index (κ1) is 18.1. The lowest BCUT2D eigenvalue weighted by molar-refractivity contribution is -0.116. The van der Waals surface area contributed by atoms with E-state index < -0.39 is 0 Å². The van der Waals surface area contributed by atoms with Crippen LogP contribution in [0.15, 0.2) is 42.5 Å². The Kier molecular flexibility index (Phi) is 5.63. The smallest absolute Gasteiger partial charge is 0.224 e. The van der Waals surface area contributed by atoms with E-state index in [-0.39, 0.29) is 11.7 Å². The zero-order chi connectivity index (χ0) is 18.5. The van der Waals surface area contributed by atoms with Crippen LogP contribution < -0.4 is 10.1 Å². The average molecular weight is 368 g/mol. The first-order valence-corrected chi connectivity index (χ1v) is 9.30. The fraction of sp³-hybridized carbons (Fsp3) is 0.250. The van der Waals surface area contributed by atoms with Crippen LogP contribution in [-0.4, -0.2) is 16.7 Å². The van der Waals surface area contributed by atoms with Gasteiger partial charge in [0.1, 0.15) is 17.4 Å². The molecule has 0 aliphatic rings. The summed E-state index contributed by atoms with van der Waals surface area (Å²) < 4.78 is 6.94. The van der Waals surface area contributed by atoms with E-state index in [1.807, 2.05) is 31.2 Å². The number of aromatic nitrogens is 1. The van der Waals surface area contributed by atoms with Crippen molar-refractivity contribution in [1.82, 2.24) is 4.98 Å². The van der Waals surface area contributed by atoms with Crippen LogP contribution in [0.1, 0.15) is 42.1 Å². The largest absolute Gasteiger partial charge is 0.486 e. The molecule has 1 heterocycles. The van der Waals surface area contributed by atoms with E-state index in [1.54, 1.807) is 29.5 Å². The molecule has 0 spiro atoms. The van der Waals surface area contributed by atoms with Crippen LogP contribution in [-0.2, 0) is 11.4 Å². The molecule has 3 aromatic rings. The molecule has 134 valence electrons. The molecule has 0 aliphatic heterocycles. The Morgan fingerprint density at radius 2 is 2.00 bits per heavy atom. The van der Waals surface area contributed by atoms with E-state index in [9.17, 15) is 9.59 Å². The number of carbonyl (C=O) groups is 2. The summed E-state index contributed by atoms with van der Waals surface area (Å²) >= 11 is 1.57. The van der Waals surface area contributed by atoms with Crippen LogP contribution >= 0.6 is 11.3 Å². The van der Waals surface area contributed by atoms with Crippen molar-refractivity contribution in [2.75, 3.05) is 5.32 Å². The lowest BCUT2D eigenvalue weighted by atomic mass is 10.1. The van der Waals surface area contributed by atoms with Gasteiger partial charge in [-0.15, -0.1) is 11.3 Å². The van der Waals surface area contributed by atoms with Gasteiger partial charge in [0.2, 0.25) is 5.91 Å². The first-order chi connectivity index (χ1) is 12.6. The number of ketones is 1. The van der Waals surface area contributed by atoms with Crippen molar-refractivity contribution in [2.45, 2.75) is 33.3 Å². The summed E-state index contributed by atoms with van der Waals surface area (Å²) in [6, 6.07) is 13.0. The van der Waals surface area contributed by atoms with Crippen LogP contribution in [0.2, 0.25) is 0 Å². The van der Waals surface area contributed by atoms with Gasteiger partial charge >= 0.3 is 0 Å². The van der Waals surface area contributed by atoms with Gasteiger partial charge in [-0.25, -0.2) is 4.98 Å². The lowest BCUT2D eigenvalue weighted by Gasteiger charge is -2.11. The molecule has 3 rings (SSSR count). The van der Waals surface area contributed by atoms with E-state index in [2.05, 4.69) is 10.3 Å². The number of thiazole rings is 1. The molecule has 0 fully saturated rings. The number of amides is 1. The van der Waals surface area contributed by atoms with Gasteiger partial charge in [0.05, 0.1) is 15.8 Å². The highest BCUT2D eigenvalue weighted by Crippen LogP contribution is 2.27. The number of hydrogen-bond acceptors (Lipinski definition) is 5. The van der Waals surface area contributed by atoms with Gasteiger partial charge in [0.15, 0.2) is 5.78 Å². The molecule has 2 aromatic carbocycles. The quantitative estimate of drug-likeness (QED) is 0.607. The Hall–Kier alpha value is -2.73. The van der Waals surface area contributed by atoms with E-state index >= 15 is 0 Å². The van der Waals surface area contributed by atoms with Crippen molar-refractivity contribution >= 4 is 38.9 Å². The summed E-state index contributed by atoms with van der Waals surface area (Å²) in [6.07, 6.45) is 1.22. The number of fused-ring (bicyclic) bond motifs is 1. The molecule has 0 radical (unpaired) electrons. The molecule has 1 amide bonds. The number of Topliss-reactive ketones (excluding diaryl/α,β-unsaturated/α-hetero) is 1. The monoisotopic (exact) mass is 368 g/mol. The summed E-state index contributed by atoms with van der Waals surface area (Å²) in [5.41, 5.74) is 1.98. The van der Waals surface area contributed by atoms with E-state index in [1.165, 1.54) is 6.92 Å². The summed E-state index contributed by atoms with van der Waals surface area (Å²) in [5.74, 6) is 0.311. The van der Waals surface area contributed by atoms with Crippen molar-refractivity contribution in [1.29, 1.82) is 0 Å². The minimum Gasteiger partial charge on any atom is -0.486 e. The second-order valence-corrected chi connectivity index (χ2v) is 7.04. The highest BCUT2D eigenvalue weighted by atomic mass is 32.1. The molecule has 0 unspecified atom stereocenters. The minimum atomic E-state index is -0.115. The summed E-state index contributed by atoms with van der Waals surface area (Å²) in [6.45, 7) is 3.72. The van der Waals surface area contributed by atoms with Crippen molar-refractivity contribution in [3.05, 3.63) is 53.0 Å². The zero-order valence-electron chi connectivity index (χ0n) is 14.7. The Morgan fingerprint density at radius 1 is 1.19 bits per heavy atom. The predicted molar refractivity (Wildman–Crippen MR) is 104 cm³/mol. The summed E-state index contributed by atoms with van der Waals surface area (Å²) in [5, 5.41) is 3.65. The van der Waals surface area contributed by atoms with Gasteiger partial charge < -0.3 is 10.1 Å². The number of benzene rings is 2. The third-order valence-electron chi connectivity index (χ3n) is 3.81. The molecule has 1 aromatic heterocycles. The van der Waals surface area contributed by atoms with Gasteiger partial charge in [0, 0.05) is 12.1 Å². The van der Waals surface area contributed by atoms with Crippen LogP contribution in [0.5, 0.6) is 5.75 Å². The van der Waals surface area contributed by atoms with Crippen molar-refractivity contribution in [2.24, 2.45) is 0 Å². The number of nitrogens with one attached hydrogen (secondary N) is 1. The molecule has 0 saturated carbocycles. The molecule has 5 nitrogen and oxygen atoms in total. The maximum absolute atomic E-state index is 12.0. The number of anilines is 1. The standard InChI is InChI=1S/C20H20N2O3S/c1-3-6-19(24)21-14-9-10-17(15(11-14)13(2)23)25-12-20-22-16-7-4-5-8-18(16)26-20/h4-5,7-11H,3,6,12H2,1-2H3,(H,21,24). The van der Waals surface area contributed by atoms with Gasteiger partial charge in [-0.3, -0.25) is 9.59 Å². The molecular weight excluding hydrogens is 348 g/mol. The van der Waals surface area contributed by atoms with Crippen LogP contribution in [0.4, 0.5) is 5.69 Å². The average Bonchev–Trinajstić information content (AvgIpc) is 3.03. The summed E-state index contributed by atoms with van der Waals surface area (Å²) in [4.78, 5) is 28.2. The first-order valence-electron chi connectivity index (χ1n) is 8.49. The highest BCUT2D eigenvalue weighted by Gasteiger charge is 2.12. The fourth-order valence-electron chi connectivity index (χ4n) is 2.58. The second-order valence-electron chi connectivity index (χ2n) is 5.93. The minimum absolute atomic E-state index is 0.0647. The fourth-order valence-corrected chi connectivity index (χ4v) is 3.46. The molecule has 1 N–H and O–H groups in total. The van der Waals surface area contributed by atoms with Crippen LogP contribution in [0.3, 0.4) is 0 Å². The third kappa shape index (κ3) is 4.26. The molecule has 0 saturated heterocycles. The van der Waals surface area contributed by atoms with Crippen molar-refractivity contribution in [3.63, 3.8) is 0 Å². The summed E-state index contributed by atoms with van der Waals surface area (Å²) in [7, 11) is 0. The molecule has 0 aliphatic carbocycles.